The fourth-order valence-electron chi connectivity index (χ4n) is 7.25. The summed E-state index contributed by atoms with van der Waals surface area (Å²) in [4.78, 5) is 0. The van der Waals surface area contributed by atoms with Gasteiger partial charge >= 0.3 is 34.1 Å². The molecule has 0 unspecified atom stereocenters. The van der Waals surface area contributed by atoms with Crippen LogP contribution in [0.3, 0.4) is 0 Å². The van der Waals surface area contributed by atoms with Crippen molar-refractivity contribution in [1.29, 1.82) is 0 Å². The average Bonchev–Trinajstić information content (AvgIpc) is 4.14. The molecule has 0 saturated heterocycles. The van der Waals surface area contributed by atoms with Gasteiger partial charge in [-0.1, -0.05) is 134 Å². The Morgan fingerprint density at radius 1 is 0.350 bits per heavy atom. The molecule has 4 fully saturated rings. The van der Waals surface area contributed by atoms with Crippen molar-refractivity contribution >= 4 is 37.1 Å². The fraction of sp³-hybridized carbons (Fsp3) is 0.185. The van der Waals surface area contributed by atoms with Gasteiger partial charge < -0.3 is 10.6 Å². The van der Waals surface area contributed by atoms with Gasteiger partial charge in [-0.15, -0.1) is 0 Å². The molecule has 4 aromatic carbocycles. The third-order valence-corrected chi connectivity index (χ3v) is 15.3. The first-order chi connectivity index (χ1) is 28.7. The Balaban J connectivity index is 0.000000579. The second kappa shape index (κ2) is 29.9. The monoisotopic (exact) mass is 908 g/mol. The molecule has 2 nitrogen and oxygen atoms in total. The quantitative estimate of drug-likeness (QED) is 0.0627. The summed E-state index contributed by atoms with van der Waals surface area (Å²) < 4.78 is 0. The predicted molar refractivity (Wildman–Crippen MR) is 253 cm³/mol. The van der Waals surface area contributed by atoms with Crippen LogP contribution < -0.4 is 31.9 Å². The maximum Gasteiger partial charge on any atom is 2.00 e. The maximum absolute atomic E-state index is 3.85. The molecule has 4 aliphatic carbocycles. The van der Waals surface area contributed by atoms with Gasteiger partial charge in [0.15, 0.2) is 0 Å². The van der Waals surface area contributed by atoms with Crippen LogP contribution in [-0.4, -0.2) is 25.2 Å². The van der Waals surface area contributed by atoms with E-state index in [4.69, 9.17) is 0 Å². The number of rotatable bonds is 17. The summed E-state index contributed by atoms with van der Waals surface area (Å²) in [5.41, 5.74) is 2.94. The van der Waals surface area contributed by atoms with Crippen LogP contribution in [0, 0.1) is 126 Å². The molecule has 0 aromatic heterocycles. The SMILES string of the molecule is C[C@H](NCCCCCCN[C@@H](C)[C]1[CH][CH][CH][C]1P(c1ccccc1)c1ccccc1)[C]1[CH][CH][CH][C]1P(c1ccccc1)c1ccccc1.[CH]1[CH][CH][CH][CH]1.[CH]1[CH][CH][CH][CH]1.[Fe+2].[Fe+2]. The van der Waals surface area contributed by atoms with Crippen LogP contribution in [0.1, 0.15) is 39.5 Å². The summed E-state index contributed by atoms with van der Waals surface area (Å²) in [6.07, 6.45) is 38.7. The summed E-state index contributed by atoms with van der Waals surface area (Å²) in [6, 6.07) is 44.7. The van der Waals surface area contributed by atoms with E-state index in [1.54, 1.807) is 0 Å². The molecule has 6 heteroatoms. The van der Waals surface area contributed by atoms with Gasteiger partial charge in [0.1, 0.15) is 0 Å². The van der Waals surface area contributed by atoms with Crippen molar-refractivity contribution in [2.24, 2.45) is 0 Å². The van der Waals surface area contributed by atoms with Gasteiger partial charge in [0.2, 0.25) is 0 Å². The van der Waals surface area contributed by atoms with Crippen molar-refractivity contribution in [2.45, 2.75) is 51.6 Å². The number of benzene rings is 4. The van der Waals surface area contributed by atoms with Crippen LogP contribution in [0.5, 0.6) is 0 Å². The number of hydrogen-bond acceptors (Lipinski definition) is 2. The third kappa shape index (κ3) is 16.4. The minimum atomic E-state index is -0.586. The molecule has 8 rings (SSSR count). The second-order valence-corrected chi connectivity index (χ2v) is 18.8. The van der Waals surface area contributed by atoms with E-state index in [0.717, 1.165) is 13.1 Å². The van der Waals surface area contributed by atoms with Gasteiger partial charge in [-0.3, -0.25) is 0 Å². The number of hydrogen-bond donors (Lipinski definition) is 2. The van der Waals surface area contributed by atoms with Crippen molar-refractivity contribution in [3.63, 3.8) is 0 Å². The number of nitrogens with one attached hydrogen (secondary N) is 2. The first-order valence-electron chi connectivity index (χ1n) is 20.8. The zero-order valence-corrected chi connectivity index (χ0v) is 38.8. The van der Waals surface area contributed by atoms with Crippen molar-refractivity contribution in [1.82, 2.24) is 10.6 Å². The zero-order valence-electron chi connectivity index (χ0n) is 34.8. The molecule has 0 aliphatic heterocycles. The molecular formula is C54H58Fe2N2P2+4. The van der Waals surface area contributed by atoms with Crippen molar-refractivity contribution < 1.29 is 34.1 Å². The van der Waals surface area contributed by atoms with E-state index in [9.17, 15) is 0 Å². The molecule has 4 aliphatic rings. The molecule has 306 valence electrons. The van der Waals surface area contributed by atoms with E-state index >= 15 is 0 Å². The first kappa shape index (κ1) is 51.3. The van der Waals surface area contributed by atoms with Crippen molar-refractivity contribution in [3.8, 4) is 0 Å². The molecule has 2 atom stereocenters. The first-order valence-corrected chi connectivity index (χ1v) is 23.5. The van der Waals surface area contributed by atoms with Gasteiger partial charge in [0, 0.05) is 35.2 Å². The number of unbranched alkanes of at least 4 members (excludes halogenated alkanes) is 3. The molecule has 0 bridgehead atoms. The summed E-state index contributed by atoms with van der Waals surface area (Å²) in [6.45, 7) is 6.74. The van der Waals surface area contributed by atoms with E-state index < -0.39 is 15.8 Å². The molecular weight excluding hydrogens is 850 g/mol. The van der Waals surface area contributed by atoms with Gasteiger partial charge in [-0.05, 0) is 180 Å². The summed E-state index contributed by atoms with van der Waals surface area (Å²) >= 11 is 0. The minimum Gasteiger partial charge on any atom is -0.314 e. The summed E-state index contributed by atoms with van der Waals surface area (Å²) in [5.74, 6) is 2.86. The van der Waals surface area contributed by atoms with E-state index in [2.05, 4.69) is 184 Å². The van der Waals surface area contributed by atoms with Crippen molar-refractivity contribution in [3.05, 3.63) is 247 Å². The Kier molecular flexibility index (Phi) is 25.6. The van der Waals surface area contributed by atoms with Gasteiger partial charge in [0.05, 0.1) is 0 Å². The average molecular weight is 909 g/mol. The minimum absolute atomic E-state index is 0. The molecule has 0 spiro atoms. The Hall–Kier alpha value is -1.30. The van der Waals surface area contributed by atoms with E-state index in [1.807, 2.05) is 64.2 Å². The van der Waals surface area contributed by atoms with E-state index in [0.29, 0.717) is 12.1 Å². The second-order valence-electron chi connectivity index (χ2n) is 14.4. The normalized spacial score (nSPS) is 18.3. The van der Waals surface area contributed by atoms with Crippen LogP contribution in [0.4, 0.5) is 0 Å². The summed E-state index contributed by atoms with van der Waals surface area (Å²) in [7, 11) is -1.17. The maximum atomic E-state index is 3.85. The molecule has 20 radical (unpaired) electrons. The van der Waals surface area contributed by atoms with E-state index in [-0.39, 0.29) is 34.1 Å². The molecule has 4 aromatic rings. The van der Waals surface area contributed by atoms with Gasteiger partial charge in [-0.2, -0.15) is 0 Å². The molecule has 4 saturated carbocycles. The predicted octanol–water partition coefficient (Wildman–Crippen LogP) is 10.3. The topological polar surface area (TPSA) is 24.1 Å². The smallest absolute Gasteiger partial charge is 0.314 e. The van der Waals surface area contributed by atoms with Crippen LogP contribution in [0.15, 0.2) is 121 Å². The summed E-state index contributed by atoms with van der Waals surface area (Å²) in [5, 5.41) is 13.3. The molecule has 60 heavy (non-hydrogen) atoms. The van der Waals surface area contributed by atoms with Crippen LogP contribution in [0.2, 0.25) is 0 Å². The Morgan fingerprint density at radius 3 is 0.883 bits per heavy atom. The Morgan fingerprint density at radius 2 is 0.617 bits per heavy atom. The van der Waals surface area contributed by atoms with Crippen molar-refractivity contribution in [2.75, 3.05) is 13.1 Å². The van der Waals surface area contributed by atoms with Crippen LogP contribution in [-0.2, 0) is 34.1 Å². The Labute approximate surface area is 391 Å². The Bertz CT molecular complexity index is 1410. The standard InChI is InChI=1S/C44H48N2P2.2C5H5.2Fe/c1-35(41-29-19-31-43(41)47(37-21-9-5-10-22-37)38-23-11-6-12-24-38)45-33-17-3-4-18-34-46-36(2)42-30-20-32-44(42)48(39-25-13-7-14-26-39)40-27-15-8-16-28-40;2*1-2-4-5-3-1;;/h5-16,19-32,35-36,45-46H,3-4,17-18,33-34H2,1-2H3;2*1-5H;;/q;;;2*+2/t35-,36-;;;;/m0..../s1. The molecule has 0 heterocycles. The largest absolute Gasteiger partial charge is 2.00 e. The third-order valence-electron chi connectivity index (χ3n) is 10.2. The molecule has 2 N–H and O–H groups in total. The van der Waals surface area contributed by atoms with E-state index in [1.165, 1.54) is 70.1 Å². The zero-order chi connectivity index (χ0) is 40.0. The molecule has 0 amide bonds. The van der Waals surface area contributed by atoms with Crippen LogP contribution >= 0.6 is 15.8 Å². The van der Waals surface area contributed by atoms with Gasteiger partial charge in [0.25, 0.3) is 0 Å². The van der Waals surface area contributed by atoms with Crippen LogP contribution in [0.25, 0.3) is 0 Å². The van der Waals surface area contributed by atoms with Gasteiger partial charge in [-0.25, -0.2) is 0 Å². The fourth-order valence-corrected chi connectivity index (χ4v) is 12.4.